The molecule has 0 radical (unpaired) electrons. The van der Waals surface area contributed by atoms with Crippen LogP contribution in [-0.2, 0) is 9.59 Å². The van der Waals surface area contributed by atoms with Gasteiger partial charge in [0.1, 0.15) is 5.78 Å². The van der Waals surface area contributed by atoms with E-state index in [2.05, 4.69) is 17.6 Å². The van der Waals surface area contributed by atoms with E-state index in [0.29, 0.717) is 35.6 Å². The van der Waals surface area contributed by atoms with Crippen molar-refractivity contribution < 1.29 is 9.59 Å². The molecule has 0 aromatic rings. The first-order valence-corrected chi connectivity index (χ1v) is 11.5. The Hall–Kier alpha value is -0.900. The van der Waals surface area contributed by atoms with E-state index in [0.717, 1.165) is 43.9 Å². The van der Waals surface area contributed by atoms with Crippen LogP contribution in [0.2, 0.25) is 0 Å². The Morgan fingerprint density at radius 1 is 0.778 bits per heavy atom. The molecule has 3 rings (SSSR count). The molecule has 3 saturated carbocycles. The lowest BCUT2D eigenvalue weighted by Gasteiger charge is -2.38. The van der Waals surface area contributed by atoms with Crippen molar-refractivity contribution in [3.05, 3.63) is 0 Å². The largest absolute Gasteiger partial charge is 0.353 e. The molecule has 0 aliphatic heterocycles. The molecule has 4 nitrogen and oxygen atoms in total. The summed E-state index contributed by atoms with van der Waals surface area (Å²) in [5, 5.41) is 6.79. The molecule has 1 amide bonds. The summed E-state index contributed by atoms with van der Waals surface area (Å²) in [6.45, 7) is 4.03. The zero-order chi connectivity index (χ0) is 19.4. The molecule has 3 atom stereocenters. The second kappa shape index (κ2) is 9.54. The fourth-order valence-corrected chi connectivity index (χ4v) is 5.94. The first kappa shape index (κ1) is 20.8. The maximum absolute atomic E-state index is 12.8. The number of hydrogen-bond donors (Lipinski definition) is 2. The molecule has 154 valence electrons. The molecule has 0 spiro atoms. The van der Waals surface area contributed by atoms with E-state index >= 15 is 0 Å². The molecule has 3 fully saturated rings. The summed E-state index contributed by atoms with van der Waals surface area (Å²) >= 11 is 0. The molecule has 0 bridgehead atoms. The predicted molar refractivity (Wildman–Crippen MR) is 109 cm³/mol. The zero-order valence-corrected chi connectivity index (χ0v) is 17.6. The van der Waals surface area contributed by atoms with Crippen LogP contribution in [0.4, 0.5) is 0 Å². The number of rotatable bonds is 5. The van der Waals surface area contributed by atoms with E-state index in [1.165, 1.54) is 38.5 Å². The van der Waals surface area contributed by atoms with Gasteiger partial charge >= 0.3 is 0 Å². The average Bonchev–Trinajstić information content (AvgIpc) is 2.69. The molecule has 0 saturated heterocycles. The van der Waals surface area contributed by atoms with E-state index in [1.807, 2.05) is 7.05 Å². The molecule has 2 N–H and O–H groups in total. The molecule has 3 aliphatic carbocycles. The molecule has 0 heterocycles. The van der Waals surface area contributed by atoms with Gasteiger partial charge in [-0.15, -0.1) is 0 Å². The lowest BCUT2D eigenvalue weighted by atomic mass is 9.68. The number of amides is 1. The summed E-state index contributed by atoms with van der Waals surface area (Å²) < 4.78 is 0. The molecular formula is C23H40N2O2. The van der Waals surface area contributed by atoms with E-state index in [9.17, 15) is 9.59 Å². The monoisotopic (exact) mass is 376 g/mol. The maximum Gasteiger partial charge on any atom is 0.223 e. The Labute approximate surface area is 165 Å². The standard InChI is InChI=1S/C23H40N2O2/c1-15-4-13-21(24-3)14-22(15)25-23(27)20-11-9-19(10-12-20)18-7-5-17(6-8-18)16(2)26/h15,17-22,24H,4-14H2,1-3H3,(H,25,27). The molecule has 0 aromatic carbocycles. The number of carbonyl (C=O) groups excluding carboxylic acids is 2. The first-order chi connectivity index (χ1) is 13.0. The molecule has 27 heavy (non-hydrogen) atoms. The third-order valence-corrected chi connectivity index (χ3v) is 8.09. The van der Waals surface area contributed by atoms with Crippen LogP contribution < -0.4 is 10.6 Å². The number of nitrogens with one attached hydrogen (secondary N) is 2. The topological polar surface area (TPSA) is 58.2 Å². The third kappa shape index (κ3) is 5.34. The van der Waals surface area contributed by atoms with Crippen molar-refractivity contribution in [3.63, 3.8) is 0 Å². The first-order valence-electron chi connectivity index (χ1n) is 11.5. The van der Waals surface area contributed by atoms with Crippen LogP contribution in [0.25, 0.3) is 0 Å². The van der Waals surface area contributed by atoms with Gasteiger partial charge in [-0.25, -0.2) is 0 Å². The summed E-state index contributed by atoms with van der Waals surface area (Å²) in [7, 11) is 2.03. The second-order valence-corrected chi connectivity index (χ2v) is 9.73. The molecular weight excluding hydrogens is 336 g/mol. The second-order valence-electron chi connectivity index (χ2n) is 9.73. The Balaban J connectivity index is 1.42. The van der Waals surface area contributed by atoms with Gasteiger partial charge in [-0.3, -0.25) is 9.59 Å². The maximum atomic E-state index is 12.8. The van der Waals surface area contributed by atoms with Crippen molar-refractivity contribution in [1.82, 2.24) is 10.6 Å². The Morgan fingerprint density at radius 2 is 1.33 bits per heavy atom. The van der Waals surface area contributed by atoms with Crippen LogP contribution >= 0.6 is 0 Å². The highest BCUT2D eigenvalue weighted by Crippen LogP contribution is 2.41. The van der Waals surface area contributed by atoms with Crippen molar-refractivity contribution in [2.45, 2.75) is 96.6 Å². The highest BCUT2D eigenvalue weighted by molar-refractivity contribution is 5.79. The SMILES string of the molecule is CNC1CCC(C)C(NC(=O)C2CCC(C3CCC(C(C)=O)CC3)CC2)C1. The Kier molecular flexibility index (Phi) is 7.35. The Bertz CT molecular complexity index is 505. The smallest absolute Gasteiger partial charge is 0.223 e. The van der Waals surface area contributed by atoms with Gasteiger partial charge in [0.2, 0.25) is 5.91 Å². The van der Waals surface area contributed by atoms with Gasteiger partial charge in [0.15, 0.2) is 0 Å². The van der Waals surface area contributed by atoms with Crippen molar-refractivity contribution >= 4 is 11.7 Å². The number of carbonyl (C=O) groups is 2. The summed E-state index contributed by atoms with van der Waals surface area (Å²) in [6, 6.07) is 0.885. The van der Waals surface area contributed by atoms with E-state index in [1.54, 1.807) is 6.92 Å². The molecule has 0 aromatic heterocycles. The highest BCUT2D eigenvalue weighted by Gasteiger charge is 2.35. The van der Waals surface area contributed by atoms with E-state index in [-0.39, 0.29) is 5.92 Å². The molecule has 3 aliphatic rings. The molecule has 3 unspecified atom stereocenters. The van der Waals surface area contributed by atoms with Gasteiger partial charge in [-0.2, -0.15) is 0 Å². The minimum Gasteiger partial charge on any atom is -0.353 e. The van der Waals surface area contributed by atoms with Crippen molar-refractivity contribution in [2.24, 2.45) is 29.6 Å². The minimum absolute atomic E-state index is 0.219. The van der Waals surface area contributed by atoms with Crippen molar-refractivity contribution in [3.8, 4) is 0 Å². The predicted octanol–water partition coefficient (Wildman–Crippen LogP) is 4.08. The zero-order valence-electron chi connectivity index (χ0n) is 17.6. The van der Waals surface area contributed by atoms with Gasteiger partial charge in [0, 0.05) is 23.9 Å². The van der Waals surface area contributed by atoms with E-state index in [4.69, 9.17) is 0 Å². The van der Waals surface area contributed by atoms with Gasteiger partial charge < -0.3 is 10.6 Å². The van der Waals surface area contributed by atoms with Crippen molar-refractivity contribution in [1.29, 1.82) is 0 Å². The number of Topliss-reactive ketones (excluding diaryl/α,β-unsaturated/α-hetero) is 1. The highest BCUT2D eigenvalue weighted by atomic mass is 16.2. The third-order valence-electron chi connectivity index (χ3n) is 8.09. The number of ketones is 1. The average molecular weight is 377 g/mol. The number of hydrogen-bond acceptors (Lipinski definition) is 3. The van der Waals surface area contributed by atoms with Crippen LogP contribution in [-0.4, -0.2) is 30.8 Å². The molecule has 4 heteroatoms. The van der Waals surface area contributed by atoms with Crippen LogP contribution in [0.5, 0.6) is 0 Å². The summed E-state index contributed by atoms with van der Waals surface area (Å²) in [4.78, 5) is 24.4. The lowest BCUT2D eigenvalue weighted by Crippen LogP contribution is -2.49. The van der Waals surface area contributed by atoms with Crippen LogP contribution in [0.3, 0.4) is 0 Å². The fraction of sp³-hybridized carbons (Fsp3) is 0.913. The lowest BCUT2D eigenvalue weighted by molar-refractivity contribution is -0.128. The van der Waals surface area contributed by atoms with Gasteiger partial charge in [0.05, 0.1) is 0 Å². The van der Waals surface area contributed by atoms with Gasteiger partial charge in [-0.1, -0.05) is 6.92 Å². The Morgan fingerprint density at radius 3 is 1.85 bits per heavy atom. The van der Waals surface area contributed by atoms with Gasteiger partial charge in [-0.05, 0) is 102 Å². The fourth-order valence-electron chi connectivity index (χ4n) is 5.94. The summed E-state index contributed by atoms with van der Waals surface area (Å²) in [5.74, 6) is 3.39. The van der Waals surface area contributed by atoms with Gasteiger partial charge in [0.25, 0.3) is 0 Å². The summed E-state index contributed by atoms with van der Waals surface area (Å²) in [6.07, 6.45) is 12.6. The summed E-state index contributed by atoms with van der Waals surface area (Å²) in [5.41, 5.74) is 0. The van der Waals surface area contributed by atoms with Crippen molar-refractivity contribution in [2.75, 3.05) is 7.05 Å². The minimum atomic E-state index is 0.219. The van der Waals surface area contributed by atoms with Crippen LogP contribution in [0, 0.1) is 29.6 Å². The van der Waals surface area contributed by atoms with E-state index < -0.39 is 0 Å². The normalized spacial score (nSPS) is 40.3. The quantitative estimate of drug-likeness (QED) is 0.760. The van der Waals surface area contributed by atoms with Crippen LogP contribution in [0.15, 0.2) is 0 Å². The van der Waals surface area contributed by atoms with Crippen LogP contribution in [0.1, 0.15) is 84.5 Å².